The molecule has 1 saturated heterocycles. The van der Waals surface area contributed by atoms with Crippen LogP contribution < -0.4 is 5.32 Å². The minimum absolute atomic E-state index is 0.356. The maximum absolute atomic E-state index is 12.7. The van der Waals surface area contributed by atoms with E-state index in [-0.39, 0.29) is 0 Å². The fourth-order valence-corrected chi connectivity index (χ4v) is 3.46. The van der Waals surface area contributed by atoms with Gasteiger partial charge in [0.25, 0.3) is 0 Å². The Balaban J connectivity index is 2.00. The molecule has 0 aromatic heterocycles. The summed E-state index contributed by atoms with van der Waals surface area (Å²) < 4.78 is 0.624. The van der Waals surface area contributed by atoms with Crippen LogP contribution in [0.5, 0.6) is 0 Å². The van der Waals surface area contributed by atoms with Gasteiger partial charge in [-0.15, -0.1) is 11.8 Å². The predicted molar refractivity (Wildman–Crippen MR) is 79.0 cm³/mol. The summed E-state index contributed by atoms with van der Waals surface area (Å²) >= 11 is 1.63. The second-order valence-corrected chi connectivity index (χ2v) is 6.29. The van der Waals surface area contributed by atoms with Gasteiger partial charge in [0, 0.05) is 18.0 Å². The largest absolute Gasteiger partial charge is 0.324 e. The summed E-state index contributed by atoms with van der Waals surface area (Å²) in [5.74, 6) is 0.914. The second-order valence-electron chi connectivity index (χ2n) is 5.24. The molecule has 1 amide bonds. The summed E-state index contributed by atoms with van der Waals surface area (Å²) in [5, 5.41) is 3.34. The molecule has 1 radical (unpaired) electrons. The van der Waals surface area contributed by atoms with Crippen molar-refractivity contribution < 1.29 is 9.28 Å². The number of quaternary nitrogens is 1. The molecular formula is C15H22N2OS+. The van der Waals surface area contributed by atoms with Gasteiger partial charge in [-0.25, -0.2) is 4.79 Å². The van der Waals surface area contributed by atoms with E-state index in [0.717, 1.165) is 31.1 Å². The molecule has 1 fully saturated rings. The highest BCUT2D eigenvalue weighted by Gasteiger charge is 2.40. The zero-order chi connectivity index (χ0) is 13.7. The van der Waals surface area contributed by atoms with Crippen LogP contribution in [0.15, 0.2) is 29.2 Å². The van der Waals surface area contributed by atoms with Crippen molar-refractivity contribution in [1.29, 1.82) is 0 Å². The molecular weight excluding hydrogens is 256 g/mol. The van der Waals surface area contributed by atoms with Crippen molar-refractivity contribution in [3.63, 3.8) is 0 Å². The monoisotopic (exact) mass is 278 g/mol. The zero-order valence-corrected chi connectivity index (χ0v) is 12.5. The van der Waals surface area contributed by atoms with Gasteiger partial charge in [0.2, 0.25) is 0 Å². The Kier molecular flexibility index (Phi) is 5.02. The first-order valence-corrected chi connectivity index (χ1v) is 7.83. The number of piperazine rings is 1. The summed E-state index contributed by atoms with van der Waals surface area (Å²) in [6.45, 7) is 8.03. The minimum atomic E-state index is 0.356. The summed E-state index contributed by atoms with van der Waals surface area (Å²) in [5.41, 5.74) is 0. The highest BCUT2D eigenvalue weighted by atomic mass is 32.2. The number of benzene rings is 1. The highest BCUT2D eigenvalue weighted by molar-refractivity contribution is 8.00. The molecule has 1 heterocycles. The Morgan fingerprint density at radius 2 is 2.00 bits per heavy atom. The van der Waals surface area contributed by atoms with E-state index < -0.39 is 0 Å². The summed E-state index contributed by atoms with van der Waals surface area (Å²) in [6.07, 6.45) is 0. The van der Waals surface area contributed by atoms with Gasteiger partial charge < -0.3 is 5.32 Å². The van der Waals surface area contributed by atoms with Crippen molar-refractivity contribution >= 4 is 17.7 Å². The lowest BCUT2D eigenvalue weighted by molar-refractivity contribution is -0.876. The molecule has 19 heavy (non-hydrogen) atoms. The standard InChI is InChI=1S/C15H22N2OS/c1-13(2)17(10-8-16-9-11-17)15(18)12-19-14-6-4-3-5-7-14/h4-7,13,16H,8-12H2,1-2H3/q+1. The summed E-state index contributed by atoms with van der Waals surface area (Å²) in [4.78, 5) is 13.8. The Morgan fingerprint density at radius 1 is 1.37 bits per heavy atom. The number of hydrogen-bond acceptors (Lipinski definition) is 3. The van der Waals surface area contributed by atoms with Gasteiger partial charge in [-0.2, -0.15) is 0 Å². The predicted octanol–water partition coefficient (Wildman–Crippen LogP) is 1.93. The van der Waals surface area contributed by atoms with Gasteiger partial charge in [-0.1, -0.05) is 12.1 Å². The van der Waals surface area contributed by atoms with E-state index in [9.17, 15) is 4.79 Å². The topological polar surface area (TPSA) is 29.1 Å². The Hall–Kier alpha value is -0.840. The van der Waals surface area contributed by atoms with Crippen molar-refractivity contribution in [2.24, 2.45) is 0 Å². The van der Waals surface area contributed by atoms with Gasteiger partial charge in [0.15, 0.2) is 0 Å². The molecule has 1 aliphatic heterocycles. The number of carbonyl (C=O) groups is 1. The molecule has 0 saturated carbocycles. The van der Waals surface area contributed by atoms with Crippen LogP contribution in [-0.2, 0) is 4.79 Å². The van der Waals surface area contributed by atoms with Crippen LogP contribution in [-0.4, -0.2) is 48.4 Å². The lowest BCUT2D eigenvalue weighted by atomic mass is 10.1. The van der Waals surface area contributed by atoms with Crippen molar-refractivity contribution in [2.75, 3.05) is 31.9 Å². The van der Waals surface area contributed by atoms with E-state index in [1.807, 2.05) is 24.3 Å². The van der Waals surface area contributed by atoms with Gasteiger partial charge in [0.1, 0.15) is 5.75 Å². The van der Waals surface area contributed by atoms with E-state index in [0.29, 0.717) is 22.2 Å². The van der Waals surface area contributed by atoms with E-state index >= 15 is 0 Å². The van der Waals surface area contributed by atoms with Crippen LogP contribution in [0.1, 0.15) is 13.8 Å². The average molecular weight is 278 g/mol. The number of hydrogen-bond donors (Lipinski definition) is 1. The van der Waals surface area contributed by atoms with Crippen LogP contribution in [0.2, 0.25) is 0 Å². The summed E-state index contributed by atoms with van der Waals surface area (Å²) in [7, 11) is 0. The molecule has 3 nitrogen and oxygen atoms in total. The Bertz CT molecular complexity index is 413. The number of carbonyl (C=O) groups excluding carboxylic acids is 1. The minimum Gasteiger partial charge on any atom is -0.306 e. The first-order chi connectivity index (χ1) is 9.15. The van der Waals surface area contributed by atoms with E-state index in [1.54, 1.807) is 11.8 Å². The molecule has 1 aromatic rings. The molecule has 0 spiro atoms. The van der Waals surface area contributed by atoms with E-state index in [4.69, 9.17) is 0 Å². The molecule has 2 rings (SSSR count). The third-order valence-electron chi connectivity index (χ3n) is 3.91. The fourth-order valence-electron chi connectivity index (χ4n) is 2.59. The van der Waals surface area contributed by atoms with Crippen LogP contribution in [0.4, 0.5) is 0 Å². The average Bonchev–Trinajstić information content (AvgIpc) is 2.46. The van der Waals surface area contributed by atoms with Gasteiger partial charge >= 0.3 is 5.91 Å². The lowest BCUT2D eigenvalue weighted by Crippen LogP contribution is -2.65. The van der Waals surface area contributed by atoms with E-state index in [2.05, 4.69) is 25.2 Å². The third-order valence-corrected chi connectivity index (χ3v) is 4.91. The van der Waals surface area contributed by atoms with E-state index in [1.165, 1.54) is 0 Å². The lowest BCUT2D eigenvalue weighted by Gasteiger charge is -2.42. The number of amides is 1. The van der Waals surface area contributed by atoms with Crippen LogP contribution in [0, 0.1) is 6.07 Å². The maximum Gasteiger partial charge on any atom is 0.324 e. The quantitative estimate of drug-likeness (QED) is 0.674. The first kappa shape index (κ1) is 14.6. The zero-order valence-electron chi connectivity index (χ0n) is 11.7. The first-order valence-electron chi connectivity index (χ1n) is 6.85. The molecule has 103 valence electrons. The SMILES string of the molecule is CC(C)[N+]1(C(=O)CSc2cc[c]cc2)CCNCC1. The maximum atomic E-state index is 12.7. The van der Waals surface area contributed by atoms with Crippen molar-refractivity contribution in [1.82, 2.24) is 5.32 Å². The van der Waals surface area contributed by atoms with Crippen LogP contribution in [0.3, 0.4) is 0 Å². The van der Waals surface area contributed by atoms with Crippen LogP contribution in [0.25, 0.3) is 0 Å². The highest BCUT2D eigenvalue weighted by Crippen LogP contribution is 2.22. The number of thioether (sulfide) groups is 1. The molecule has 0 bridgehead atoms. The Morgan fingerprint density at radius 3 is 2.58 bits per heavy atom. The normalized spacial score (nSPS) is 18.5. The second kappa shape index (κ2) is 6.55. The molecule has 4 heteroatoms. The van der Waals surface area contributed by atoms with Crippen molar-refractivity contribution in [2.45, 2.75) is 24.8 Å². The molecule has 1 aliphatic rings. The molecule has 0 unspecified atom stereocenters. The third kappa shape index (κ3) is 3.38. The van der Waals surface area contributed by atoms with Crippen LogP contribution >= 0.6 is 11.8 Å². The van der Waals surface area contributed by atoms with Gasteiger partial charge in [-0.05, 0) is 32.0 Å². The van der Waals surface area contributed by atoms with Gasteiger partial charge in [-0.3, -0.25) is 4.48 Å². The smallest absolute Gasteiger partial charge is 0.306 e. The fraction of sp³-hybridized carbons (Fsp3) is 0.533. The summed E-state index contributed by atoms with van der Waals surface area (Å²) in [6, 6.07) is 11.2. The Labute approximate surface area is 120 Å². The van der Waals surface area contributed by atoms with Crippen molar-refractivity contribution in [3.8, 4) is 0 Å². The molecule has 1 N–H and O–H groups in total. The number of nitrogens with one attached hydrogen (secondary N) is 1. The van der Waals surface area contributed by atoms with Gasteiger partial charge in [0.05, 0.1) is 19.1 Å². The number of nitrogens with zero attached hydrogens (tertiary/aromatic N) is 1. The van der Waals surface area contributed by atoms with Crippen molar-refractivity contribution in [3.05, 3.63) is 30.3 Å². The molecule has 0 atom stereocenters. The number of rotatable bonds is 4. The molecule has 0 aliphatic carbocycles. The molecule has 1 aromatic carbocycles.